The number of benzene rings is 3. The third-order valence-electron chi connectivity index (χ3n) is 4.58. The van der Waals surface area contributed by atoms with E-state index in [1.54, 1.807) is 18.2 Å². The molecule has 1 heterocycles. The van der Waals surface area contributed by atoms with Crippen molar-refractivity contribution in [3.05, 3.63) is 83.1 Å². The number of hydrogen-bond donors (Lipinski definition) is 2. The Labute approximate surface area is 174 Å². The molecule has 0 aliphatic rings. The number of hydrogen-bond acceptors (Lipinski definition) is 3. The van der Waals surface area contributed by atoms with Gasteiger partial charge in [0.1, 0.15) is 5.82 Å². The Morgan fingerprint density at radius 1 is 1.00 bits per heavy atom. The van der Waals surface area contributed by atoms with E-state index in [2.05, 4.69) is 14.7 Å². The van der Waals surface area contributed by atoms with Crippen molar-refractivity contribution in [2.24, 2.45) is 0 Å². The van der Waals surface area contributed by atoms with E-state index in [1.165, 1.54) is 7.05 Å². The number of imidazole rings is 1. The van der Waals surface area contributed by atoms with Crippen LogP contribution in [-0.2, 0) is 10.0 Å². The zero-order chi connectivity index (χ0) is 20.4. The highest BCUT2D eigenvalue weighted by Crippen LogP contribution is 2.29. The summed E-state index contributed by atoms with van der Waals surface area (Å²) in [4.78, 5) is 8.06. The molecule has 3 aromatic carbocycles. The third-order valence-corrected chi connectivity index (χ3v) is 6.40. The minimum Gasteiger partial charge on any atom is -0.338 e. The minimum absolute atomic E-state index is 0.236. The summed E-state index contributed by atoms with van der Waals surface area (Å²) in [6.45, 7) is 0. The normalized spacial score (nSPS) is 12.1. The van der Waals surface area contributed by atoms with Gasteiger partial charge in [-0.3, -0.25) is 0 Å². The molecule has 0 saturated carbocycles. The molecule has 0 atom stereocenters. The number of nitrogens with one attached hydrogen (secondary N) is 2. The van der Waals surface area contributed by atoms with Gasteiger partial charge in [0, 0.05) is 10.6 Å². The average Bonchev–Trinajstić information content (AvgIpc) is 3.15. The zero-order valence-electron chi connectivity index (χ0n) is 15.6. The predicted octanol–water partition coefficient (Wildman–Crippen LogP) is 4.96. The Balaban J connectivity index is 1.73. The van der Waals surface area contributed by atoms with Crippen LogP contribution in [0, 0.1) is 0 Å². The van der Waals surface area contributed by atoms with Gasteiger partial charge in [-0.2, -0.15) is 0 Å². The lowest BCUT2D eigenvalue weighted by atomic mass is 10.1. The molecule has 0 unspecified atom stereocenters. The molecule has 29 heavy (non-hydrogen) atoms. The van der Waals surface area contributed by atoms with Crippen molar-refractivity contribution < 1.29 is 8.42 Å². The van der Waals surface area contributed by atoms with Gasteiger partial charge in [0.05, 0.1) is 15.9 Å². The van der Waals surface area contributed by atoms with E-state index >= 15 is 0 Å². The topological polar surface area (TPSA) is 74.8 Å². The highest BCUT2D eigenvalue weighted by Gasteiger charge is 2.17. The van der Waals surface area contributed by atoms with Gasteiger partial charge in [0.15, 0.2) is 0 Å². The minimum atomic E-state index is -3.57. The fourth-order valence-corrected chi connectivity index (χ4v) is 4.26. The van der Waals surface area contributed by atoms with Crippen molar-refractivity contribution in [3.8, 4) is 11.1 Å². The largest absolute Gasteiger partial charge is 0.338 e. The Morgan fingerprint density at radius 3 is 2.55 bits per heavy atom. The number of nitrogens with zero attached hydrogens (tertiary/aromatic N) is 1. The van der Waals surface area contributed by atoms with E-state index in [4.69, 9.17) is 11.6 Å². The molecular formula is C22H18ClN3O2S. The molecule has 0 fully saturated rings. The Morgan fingerprint density at radius 2 is 1.76 bits per heavy atom. The number of fused-ring (bicyclic) bond motifs is 1. The number of halogens is 1. The number of aromatic amines is 1. The summed E-state index contributed by atoms with van der Waals surface area (Å²) in [5.41, 5.74) is 3.93. The second kappa shape index (κ2) is 7.83. The summed E-state index contributed by atoms with van der Waals surface area (Å²) in [7, 11) is -2.16. The van der Waals surface area contributed by atoms with Gasteiger partial charge in [0.25, 0.3) is 0 Å². The molecule has 0 aliphatic carbocycles. The second-order valence-corrected chi connectivity index (χ2v) is 8.67. The van der Waals surface area contributed by atoms with Crippen LogP contribution in [0.2, 0.25) is 5.02 Å². The Bertz CT molecular complexity index is 1330. The summed E-state index contributed by atoms with van der Waals surface area (Å²) in [5, 5.41) is 0.671. The van der Waals surface area contributed by atoms with Gasteiger partial charge in [0.2, 0.25) is 10.0 Å². The molecule has 0 bridgehead atoms. The average molecular weight is 424 g/mol. The molecule has 0 amide bonds. The van der Waals surface area contributed by atoms with Gasteiger partial charge in [-0.15, -0.1) is 0 Å². The summed E-state index contributed by atoms with van der Waals surface area (Å²) < 4.78 is 27.1. The van der Waals surface area contributed by atoms with E-state index in [0.717, 1.165) is 22.2 Å². The van der Waals surface area contributed by atoms with E-state index in [9.17, 15) is 8.42 Å². The first kappa shape index (κ1) is 19.4. The van der Waals surface area contributed by atoms with Crippen LogP contribution in [0.3, 0.4) is 0 Å². The van der Waals surface area contributed by atoms with Crippen LogP contribution in [0.1, 0.15) is 11.4 Å². The number of rotatable bonds is 5. The molecule has 1 aromatic heterocycles. The van der Waals surface area contributed by atoms with Crippen LogP contribution >= 0.6 is 11.6 Å². The first-order chi connectivity index (χ1) is 14.0. The van der Waals surface area contributed by atoms with Crippen LogP contribution in [-0.4, -0.2) is 25.4 Å². The van der Waals surface area contributed by atoms with Gasteiger partial charge in [-0.1, -0.05) is 54.1 Å². The molecule has 0 radical (unpaired) electrons. The highest BCUT2D eigenvalue weighted by molar-refractivity contribution is 7.89. The van der Waals surface area contributed by atoms with Gasteiger partial charge in [-0.25, -0.2) is 18.1 Å². The van der Waals surface area contributed by atoms with Crippen LogP contribution < -0.4 is 4.72 Å². The van der Waals surface area contributed by atoms with E-state index in [1.807, 2.05) is 60.7 Å². The first-order valence-electron chi connectivity index (χ1n) is 8.93. The van der Waals surface area contributed by atoms with Crippen LogP contribution in [0.25, 0.3) is 34.3 Å². The maximum atomic E-state index is 12.4. The van der Waals surface area contributed by atoms with Crippen molar-refractivity contribution in [1.29, 1.82) is 0 Å². The highest BCUT2D eigenvalue weighted by atomic mass is 35.5. The van der Waals surface area contributed by atoms with Crippen LogP contribution in [0.5, 0.6) is 0 Å². The molecule has 0 aliphatic heterocycles. The van der Waals surface area contributed by atoms with Crippen LogP contribution in [0.15, 0.2) is 71.6 Å². The van der Waals surface area contributed by atoms with Gasteiger partial charge >= 0.3 is 0 Å². The smallest absolute Gasteiger partial charge is 0.240 e. The standard InChI is InChI=1S/C22H18ClN3O2S/c1-24-29(27,28)21-9-5-3-7-17(21)16-10-12-19-20(14-16)26-22(25-19)13-11-15-6-2-4-8-18(15)23/h2-14,24H,1H3,(H,25,26). The van der Waals surface area contributed by atoms with Crippen molar-refractivity contribution in [2.75, 3.05) is 7.05 Å². The third kappa shape index (κ3) is 3.96. The summed E-state index contributed by atoms with van der Waals surface area (Å²) in [5.74, 6) is 0.688. The zero-order valence-corrected chi connectivity index (χ0v) is 17.1. The lowest BCUT2D eigenvalue weighted by Gasteiger charge is -2.09. The molecule has 4 aromatic rings. The molecule has 2 N–H and O–H groups in total. The van der Waals surface area contributed by atoms with Crippen molar-refractivity contribution >= 4 is 44.8 Å². The molecule has 7 heteroatoms. The first-order valence-corrected chi connectivity index (χ1v) is 10.8. The lowest BCUT2D eigenvalue weighted by molar-refractivity contribution is 0.588. The lowest BCUT2D eigenvalue weighted by Crippen LogP contribution is -2.19. The molecule has 0 saturated heterocycles. The molecule has 4 rings (SSSR count). The van der Waals surface area contributed by atoms with E-state index in [-0.39, 0.29) is 4.90 Å². The van der Waals surface area contributed by atoms with Crippen molar-refractivity contribution in [1.82, 2.24) is 14.7 Å². The van der Waals surface area contributed by atoms with Crippen molar-refractivity contribution in [2.45, 2.75) is 4.90 Å². The number of H-pyrrole nitrogens is 1. The summed E-state index contributed by atoms with van der Waals surface area (Å²) in [6.07, 6.45) is 3.76. The molecule has 0 spiro atoms. The maximum absolute atomic E-state index is 12.4. The number of sulfonamides is 1. The SMILES string of the molecule is CNS(=O)(=O)c1ccccc1-c1ccc2nc(C=Cc3ccccc3Cl)[nH]c2c1. The summed E-state index contributed by atoms with van der Waals surface area (Å²) in [6, 6.07) is 20.1. The monoisotopic (exact) mass is 423 g/mol. The van der Waals surface area contributed by atoms with E-state index in [0.29, 0.717) is 16.4 Å². The second-order valence-electron chi connectivity index (χ2n) is 6.41. The van der Waals surface area contributed by atoms with Gasteiger partial charge < -0.3 is 4.98 Å². The summed E-state index contributed by atoms with van der Waals surface area (Å²) >= 11 is 6.19. The Hall–Kier alpha value is -2.93. The molecular weight excluding hydrogens is 406 g/mol. The fourth-order valence-electron chi connectivity index (χ4n) is 3.10. The van der Waals surface area contributed by atoms with Crippen molar-refractivity contribution in [3.63, 3.8) is 0 Å². The molecule has 146 valence electrons. The maximum Gasteiger partial charge on any atom is 0.240 e. The van der Waals surface area contributed by atoms with Gasteiger partial charge in [-0.05, 0) is 54.6 Å². The molecule has 5 nitrogen and oxygen atoms in total. The number of aromatic nitrogens is 2. The fraction of sp³-hybridized carbons (Fsp3) is 0.0455. The predicted molar refractivity (Wildman–Crippen MR) is 118 cm³/mol. The van der Waals surface area contributed by atoms with E-state index < -0.39 is 10.0 Å². The quantitative estimate of drug-likeness (QED) is 0.476. The Kier molecular flexibility index (Phi) is 5.24. The van der Waals surface area contributed by atoms with Crippen LogP contribution in [0.4, 0.5) is 0 Å².